The lowest BCUT2D eigenvalue weighted by Gasteiger charge is -2.26. The molecule has 2 aromatic rings. The van der Waals surface area contributed by atoms with Crippen LogP contribution in [0.15, 0.2) is 48.3 Å². The van der Waals surface area contributed by atoms with Crippen molar-refractivity contribution in [2.75, 3.05) is 18.1 Å². The third kappa shape index (κ3) is 3.85. The van der Waals surface area contributed by atoms with Crippen LogP contribution in [-0.2, 0) is 9.59 Å². The van der Waals surface area contributed by atoms with Gasteiger partial charge in [0, 0.05) is 6.20 Å². The number of hydrogen-bond acceptors (Lipinski definition) is 6. The quantitative estimate of drug-likeness (QED) is 0.610. The molecule has 0 radical (unpaired) electrons. The maximum absolute atomic E-state index is 12.8. The zero-order valence-electron chi connectivity index (χ0n) is 15.5. The van der Waals surface area contributed by atoms with Crippen molar-refractivity contribution in [3.8, 4) is 11.5 Å². The lowest BCUT2D eigenvalue weighted by Crippen LogP contribution is -2.54. The molecule has 1 fully saturated rings. The highest BCUT2D eigenvalue weighted by molar-refractivity contribution is 6.39. The van der Waals surface area contributed by atoms with Gasteiger partial charge in [-0.2, -0.15) is 0 Å². The zero-order valence-corrected chi connectivity index (χ0v) is 15.5. The Kier molecular flexibility index (Phi) is 5.69. The number of rotatable bonds is 6. The summed E-state index contributed by atoms with van der Waals surface area (Å²) < 4.78 is 11.1. The number of urea groups is 1. The van der Waals surface area contributed by atoms with Gasteiger partial charge >= 0.3 is 6.03 Å². The molecule has 1 saturated heterocycles. The molecule has 0 atom stereocenters. The van der Waals surface area contributed by atoms with Gasteiger partial charge in [0.05, 0.1) is 25.1 Å². The molecule has 28 heavy (non-hydrogen) atoms. The second kappa shape index (κ2) is 8.34. The molecule has 2 heterocycles. The van der Waals surface area contributed by atoms with E-state index in [4.69, 9.17) is 9.47 Å². The van der Waals surface area contributed by atoms with Crippen LogP contribution in [0.4, 0.5) is 10.5 Å². The van der Waals surface area contributed by atoms with Crippen molar-refractivity contribution in [2.45, 2.75) is 13.8 Å². The first-order chi connectivity index (χ1) is 13.5. The molecule has 1 aromatic carbocycles. The Morgan fingerprint density at radius 3 is 2.50 bits per heavy atom. The van der Waals surface area contributed by atoms with Gasteiger partial charge in [-0.1, -0.05) is 6.07 Å². The summed E-state index contributed by atoms with van der Waals surface area (Å²) in [6, 6.07) is 7.41. The van der Waals surface area contributed by atoms with Crippen molar-refractivity contribution in [1.82, 2.24) is 10.3 Å². The minimum absolute atomic E-state index is 0.171. The average molecular weight is 381 g/mol. The molecule has 0 saturated carbocycles. The fourth-order valence-corrected chi connectivity index (χ4v) is 2.70. The van der Waals surface area contributed by atoms with Crippen LogP contribution in [0.1, 0.15) is 19.4 Å². The molecule has 4 amide bonds. The van der Waals surface area contributed by atoms with Crippen molar-refractivity contribution >= 4 is 29.6 Å². The zero-order chi connectivity index (χ0) is 20.1. The van der Waals surface area contributed by atoms with Crippen LogP contribution in [0.2, 0.25) is 0 Å². The van der Waals surface area contributed by atoms with Crippen molar-refractivity contribution in [1.29, 1.82) is 0 Å². The van der Waals surface area contributed by atoms with Crippen LogP contribution in [0.25, 0.3) is 6.08 Å². The molecule has 8 nitrogen and oxygen atoms in total. The number of carbonyl (C=O) groups excluding carboxylic acids is 3. The fraction of sp³-hybridized carbons (Fsp3) is 0.200. The monoisotopic (exact) mass is 381 g/mol. The SMILES string of the molecule is CCOc1ccc(/C=C2\C(=O)NC(=O)N(c3cccnc3)C2=O)cc1OCC. The normalized spacial score (nSPS) is 15.6. The van der Waals surface area contributed by atoms with Gasteiger partial charge in [-0.05, 0) is 49.8 Å². The van der Waals surface area contributed by atoms with Crippen LogP contribution in [0, 0.1) is 0 Å². The minimum Gasteiger partial charge on any atom is -0.490 e. The van der Waals surface area contributed by atoms with Gasteiger partial charge in [0.25, 0.3) is 11.8 Å². The third-order valence-corrected chi connectivity index (χ3v) is 3.88. The predicted molar refractivity (Wildman–Crippen MR) is 102 cm³/mol. The largest absolute Gasteiger partial charge is 0.490 e. The first kappa shape index (κ1) is 19.1. The summed E-state index contributed by atoms with van der Waals surface area (Å²) in [7, 11) is 0. The highest BCUT2D eigenvalue weighted by Crippen LogP contribution is 2.30. The number of barbiturate groups is 1. The van der Waals surface area contributed by atoms with E-state index in [2.05, 4.69) is 10.3 Å². The van der Waals surface area contributed by atoms with E-state index in [0.29, 0.717) is 30.3 Å². The fourth-order valence-electron chi connectivity index (χ4n) is 2.70. The summed E-state index contributed by atoms with van der Waals surface area (Å²) in [5, 5.41) is 2.18. The van der Waals surface area contributed by atoms with E-state index in [-0.39, 0.29) is 11.3 Å². The van der Waals surface area contributed by atoms with Crippen LogP contribution < -0.4 is 19.7 Å². The van der Waals surface area contributed by atoms with Gasteiger partial charge in [-0.15, -0.1) is 0 Å². The molecule has 0 spiro atoms. The lowest BCUT2D eigenvalue weighted by molar-refractivity contribution is -0.122. The van der Waals surface area contributed by atoms with E-state index in [1.807, 2.05) is 13.8 Å². The molecule has 144 valence electrons. The molecule has 0 unspecified atom stereocenters. The van der Waals surface area contributed by atoms with Crippen LogP contribution in [0.3, 0.4) is 0 Å². The first-order valence-electron chi connectivity index (χ1n) is 8.76. The van der Waals surface area contributed by atoms with Gasteiger partial charge < -0.3 is 9.47 Å². The van der Waals surface area contributed by atoms with Gasteiger partial charge in [0.1, 0.15) is 5.57 Å². The number of benzene rings is 1. The number of carbonyl (C=O) groups is 3. The van der Waals surface area contributed by atoms with Crippen molar-refractivity contribution in [3.63, 3.8) is 0 Å². The van der Waals surface area contributed by atoms with Crippen LogP contribution >= 0.6 is 0 Å². The predicted octanol–water partition coefficient (Wildman–Crippen LogP) is 2.55. The maximum Gasteiger partial charge on any atom is 0.336 e. The number of ether oxygens (including phenoxy) is 2. The molecule has 1 aromatic heterocycles. The second-order valence-corrected chi connectivity index (χ2v) is 5.74. The first-order valence-corrected chi connectivity index (χ1v) is 8.76. The summed E-state index contributed by atoms with van der Waals surface area (Å²) in [4.78, 5) is 42.0. The number of amides is 4. The summed E-state index contributed by atoms with van der Waals surface area (Å²) in [5.41, 5.74) is 0.658. The number of nitrogens with one attached hydrogen (secondary N) is 1. The summed E-state index contributed by atoms with van der Waals surface area (Å²) in [5.74, 6) is -0.420. The molecule has 1 N–H and O–H groups in total. The number of anilines is 1. The van der Waals surface area contributed by atoms with Crippen LogP contribution in [-0.4, -0.2) is 36.0 Å². The van der Waals surface area contributed by atoms with E-state index >= 15 is 0 Å². The molecular weight excluding hydrogens is 362 g/mol. The summed E-state index contributed by atoms with van der Waals surface area (Å²) in [6.07, 6.45) is 4.30. The Bertz CT molecular complexity index is 940. The number of aromatic nitrogens is 1. The highest BCUT2D eigenvalue weighted by atomic mass is 16.5. The maximum atomic E-state index is 12.8. The Labute approximate surface area is 161 Å². The van der Waals surface area contributed by atoms with E-state index < -0.39 is 17.8 Å². The van der Waals surface area contributed by atoms with Gasteiger partial charge in [0.2, 0.25) is 0 Å². The Morgan fingerprint density at radius 2 is 1.82 bits per heavy atom. The van der Waals surface area contributed by atoms with Gasteiger partial charge in [0.15, 0.2) is 11.5 Å². The minimum atomic E-state index is -0.818. The Balaban J connectivity index is 1.98. The third-order valence-electron chi connectivity index (χ3n) is 3.88. The molecular formula is C20H19N3O5. The van der Waals surface area contributed by atoms with Gasteiger partial charge in [-0.25, -0.2) is 9.69 Å². The van der Waals surface area contributed by atoms with Crippen LogP contribution in [0.5, 0.6) is 11.5 Å². The van der Waals surface area contributed by atoms with E-state index in [1.165, 1.54) is 18.5 Å². The molecule has 3 rings (SSSR count). The number of imide groups is 2. The number of pyridine rings is 1. The van der Waals surface area contributed by atoms with Gasteiger partial charge in [-0.3, -0.25) is 19.9 Å². The molecule has 8 heteroatoms. The van der Waals surface area contributed by atoms with Crippen molar-refractivity contribution in [2.24, 2.45) is 0 Å². The number of nitrogens with zero attached hydrogens (tertiary/aromatic N) is 2. The van der Waals surface area contributed by atoms with E-state index in [1.54, 1.807) is 30.3 Å². The molecule has 1 aliphatic heterocycles. The Morgan fingerprint density at radius 1 is 1.07 bits per heavy atom. The average Bonchev–Trinajstić information content (AvgIpc) is 2.68. The van der Waals surface area contributed by atoms with Crippen molar-refractivity contribution < 1.29 is 23.9 Å². The van der Waals surface area contributed by atoms with E-state index in [0.717, 1.165) is 4.90 Å². The standard InChI is InChI=1S/C20H19N3O5/c1-3-27-16-8-7-13(11-17(16)28-4-2)10-15-18(24)22-20(26)23(19(15)25)14-6-5-9-21-12-14/h5-12H,3-4H2,1-2H3,(H,22,24,26)/b15-10+. The summed E-state index contributed by atoms with van der Waals surface area (Å²) in [6.45, 7) is 4.61. The summed E-state index contributed by atoms with van der Waals surface area (Å²) >= 11 is 0. The lowest BCUT2D eigenvalue weighted by atomic mass is 10.1. The second-order valence-electron chi connectivity index (χ2n) is 5.74. The molecule has 0 bridgehead atoms. The molecule has 0 aliphatic carbocycles. The van der Waals surface area contributed by atoms with E-state index in [9.17, 15) is 14.4 Å². The molecule has 1 aliphatic rings. The topological polar surface area (TPSA) is 97.8 Å². The number of hydrogen-bond donors (Lipinski definition) is 1. The highest BCUT2D eigenvalue weighted by Gasteiger charge is 2.36. The smallest absolute Gasteiger partial charge is 0.336 e. The Hall–Kier alpha value is -3.68. The van der Waals surface area contributed by atoms with Crippen molar-refractivity contribution in [3.05, 3.63) is 53.9 Å².